The zero-order valence-electron chi connectivity index (χ0n) is 56.4. The first kappa shape index (κ1) is 96.4. The molecule has 18 nitrogen and oxygen atoms in total. The fraction of sp³-hybridized carbons (Fsp3) is 0.915. The van der Waals surface area contributed by atoms with Gasteiger partial charge in [0.2, 0.25) is 30.7 Å². The summed E-state index contributed by atoms with van der Waals surface area (Å²) in [4.78, 5) is 59.1. The molecule has 0 radical (unpaired) electrons. The van der Waals surface area contributed by atoms with E-state index in [0.29, 0.717) is 13.2 Å². The summed E-state index contributed by atoms with van der Waals surface area (Å²) < 4.78 is 30.5. The summed E-state index contributed by atoms with van der Waals surface area (Å²) >= 11 is 1.75. The molecule has 3 amide bonds. The first-order valence-electron chi connectivity index (χ1n) is 28.8. The lowest BCUT2D eigenvalue weighted by Crippen LogP contribution is -2.46. The number of halogens is 2. The van der Waals surface area contributed by atoms with E-state index in [1.165, 1.54) is 72.1 Å². The second kappa shape index (κ2) is 68.7. The van der Waals surface area contributed by atoms with Crippen molar-refractivity contribution in [2.45, 2.75) is 150 Å². The number of ether oxygens (including phenoxy) is 2. The number of carboxylic acid groups (broad SMARTS) is 1. The highest BCUT2D eigenvalue weighted by Crippen LogP contribution is 2.26. The Balaban J connectivity index is -0.0000000983. The van der Waals surface area contributed by atoms with Crippen LogP contribution in [0.5, 0.6) is 0 Å². The Labute approximate surface area is 496 Å². The van der Waals surface area contributed by atoms with Crippen molar-refractivity contribution in [3.8, 4) is 0 Å². The third kappa shape index (κ3) is 107. The Morgan fingerprint density at radius 2 is 1.01 bits per heavy atom. The average molecular weight is 1180 g/mol. The van der Waals surface area contributed by atoms with Gasteiger partial charge in [0.25, 0.3) is 0 Å². The number of nitrogens with two attached hydrogens (primary N) is 2. The fourth-order valence-electron chi connectivity index (χ4n) is 4.58. The highest BCUT2D eigenvalue weighted by Gasteiger charge is 2.19. The number of carboxylic acids is 1. The van der Waals surface area contributed by atoms with Crippen LogP contribution >= 0.6 is 11.8 Å². The van der Waals surface area contributed by atoms with Crippen LogP contribution in [0.1, 0.15) is 143 Å². The summed E-state index contributed by atoms with van der Waals surface area (Å²) in [5.74, 6) is 0.906. The minimum atomic E-state index is -2.17. The molecular weight excluding hydrogens is 1050 g/mol. The number of amides is 3. The zero-order chi connectivity index (χ0) is 64.9. The Hall–Kier alpha value is -2.78. The first-order valence-corrected chi connectivity index (χ1v) is 30.4. The molecule has 486 valence electrons. The van der Waals surface area contributed by atoms with Gasteiger partial charge in [-0.25, -0.2) is 15.4 Å². The number of aliphatic hydroxyl groups is 1. The second-order valence-electron chi connectivity index (χ2n) is 21.9. The molecule has 0 bridgehead atoms. The van der Waals surface area contributed by atoms with Crippen LogP contribution in [0.4, 0.5) is 8.78 Å². The summed E-state index contributed by atoms with van der Waals surface area (Å²) in [7, 11) is 12.2. The van der Waals surface area contributed by atoms with Gasteiger partial charge in [-0.3, -0.25) is 24.1 Å². The van der Waals surface area contributed by atoms with Crippen molar-refractivity contribution in [2.75, 3.05) is 186 Å². The number of likely N-dealkylation sites (N-methyl/N-ethyl adjacent to an activating group) is 4. The van der Waals surface area contributed by atoms with Crippen molar-refractivity contribution >= 4 is 35.5 Å². The van der Waals surface area contributed by atoms with Crippen LogP contribution in [-0.2, 0) is 28.7 Å². The van der Waals surface area contributed by atoms with Crippen LogP contribution in [-0.4, -0.2) is 261 Å². The molecule has 0 aromatic heterocycles. The van der Waals surface area contributed by atoms with Crippen molar-refractivity contribution in [3.05, 3.63) is 11.4 Å². The minimum absolute atomic E-state index is 0.202. The molecule has 80 heavy (non-hydrogen) atoms. The van der Waals surface area contributed by atoms with Crippen LogP contribution in [0.2, 0.25) is 0 Å². The molecule has 4 heterocycles. The third-order valence-corrected chi connectivity index (χ3v) is 10.5. The Morgan fingerprint density at radius 3 is 1.14 bits per heavy atom. The van der Waals surface area contributed by atoms with E-state index in [2.05, 4.69) is 117 Å². The highest BCUT2D eigenvalue weighted by atomic mass is 32.2. The van der Waals surface area contributed by atoms with Crippen molar-refractivity contribution < 1.29 is 47.6 Å². The molecule has 21 heteroatoms. The minimum Gasteiger partial charge on any atom is -0.481 e. The van der Waals surface area contributed by atoms with Crippen LogP contribution < -0.4 is 11.5 Å². The predicted octanol–water partition coefficient (Wildman–Crippen LogP) is 8.66. The molecule has 1 aliphatic carbocycles. The van der Waals surface area contributed by atoms with E-state index < -0.39 is 17.8 Å². The van der Waals surface area contributed by atoms with Crippen LogP contribution in [0, 0.1) is 29.2 Å². The number of piperazine rings is 2. The molecule has 5 aliphatic rings. The quantitative estimate of drug-likeness (QED) is 0.184. The number of alkyl halides is 2. The third-order valence-electron chi connectivity index (χ3n) is 10.5. The number of thioether (sulfide) groups is 1. The number of carbonyl (C=O) groups excluding carboxylic acids is 3. The summed E-state index contributed by atoms with van der Waals surface area (Å²) in [6.07, 6.45) is 6.89. The Kier molecular flexibility index (Phi) is 82.8. The highest BCUT2D eigenvalue weighted by molar-refractivity contribution is 7.97. The van der Waals surface area contributed by atoms with Gasteiger partial charge in [0.05, 0.1) is 18.6 Å². The number of likely N-dealkylation sites (tertiary alicyclic amines) is 1. The molecule has 0 atom stereocenters. The number of hydrogen-bond donors (Lipinski definition) is 4. The van der Waals surface area contributed by atoms with Gasteiger partial charge in [0.1, 0.15) is 0 Å². The summed E-state index contributed by atoms with van der Waals surface area (Å²) in [5, 5.41) is 16.1. The molecule has 5 fully saturated rings. The van der Waals surface area contributed by atoms with Crippen molar-refractivity contribution in [2.24, 2.45) is 34.1 Å². The summed E-state index contributed by atoms with van der Waals surface area (Å²) in [6.45, 7) is 58.0. The summed E-state index contributed by atoms with van der Waals surface area (Å²) in [5.41, 5.74) is 8.46. The molecule has 6 N–H and O–H groups in total. The van der Waals surface area contributed by atoms with Crippen molar-refractivity contribution in [1.29, 1.82) is 0 Å². The molecule has 0 unspecified atom stereocenters. The van der Waals surface area contributed by atoms with E-state index in [0.717, 1.165) is 97.2 Å². The molecule has 0 spiro atoms. The van der Waals surface area contributed by atoms with Crippen molar-refractivity contribution in [3.63, 3.8) is 0 Å². The van der Waals surface area contributed by atoms with Crippen LogP contribution in [0.15, 0.2) is 0 Å². The van der Waals surface area contributed by atoms with E-state index >= 15 is 0 Å². The number of nitrogens with zero attached hydrogens (tertiary/aromatic N) is 8. The number of aliphatic carboxylic acids is 1. The van der Waals surface area contributed by atoms with Gasteiger partial charge >= 0.3 is 5.97 Å². The SMILES string of the molecule is CC(=O)N1CCN(C)CC1.CC(C)(C)C(=O)O.CC(C)(C)C(N)=O.CC(F)F.CC(N)=O.CC1CC1.CC1CN(C)C1.CCCO.CCCOC.CCN(C)C.CCN1CCN(C)CC1.CCN1CCOCC1.CSC.[C-]#[N+]CC. The van der Waals surface area contributed by atoms with Gasteiger partial charge in [-0.15, -0.1) is 0 Å². The Bertz CT molecular complexity index is 1290. The lowest BCUT2D eigenvalue weighted by molar-refractivity contribution is -0.145. The van der Waals surface area contributed by atoms with Gasteiger partial charge in [0, 0.05) is 125 Å². The van der Waals surface area contributed by atoms with E-state index in [9.17, 15) is 28.0 Å². The second-order valence-corrected chi connectivity index (χ2v) is 22.7. The fourth-order valence-corrected chi connectivity index (χ4v) is 4.58. The average Bonchev–Trinajstić information content (AvgIpc) is 4.17. The molecule has 1 saturated carbocycles. The maximum Gasteiger partial charge on any atom is 0.308 e. The number of carbonyl (C=O) groups is 4. The van der Waals surface area contributed by atoms with Gasteiger partial charge in [-0.2, -0.15) is 11.8 Å². The molecular formula is C59H132F2N10O8S. The number of methoxy groups -OCH3 is 1. The van der Waals surface area contributed by atoms with Gasteiger partial charge in [-0.1, -0.05) is 82.1 Å². The van der Waals surface area contributed by atoms with Gasteiger partial charge in [0.15, 0.2) is 0 Å². The van der Waals surface area contributed by atoms with E-state index in [-0.39, 0.29) is 23.1 Å². The number of rotatable bonds is 6. The predicted molar refractivity (Wildman–Crippen MR) is 340 cm³/mol. The van der Waals surface area contributed by atoms with Crippen LogP contribution in [0.3, 0.4) is 0 Å². The number of morpholine rings is 1. The maximum absolute atomic E-state index is 10.8. The lowest BCUT2D eigenvalue weighted by Gasteiger charge is -2.33. The topological polar surface area (TPSA) is 206 Å². The van der Waals surface area contributed by atoms with Crippen molar-refractivity contribution in [1.82, 2.24) is 34.3 Å². The van der Waals surface area contributed by atoms with Gasteiger partial charge < -0.3 is 65.4 Å². The number of primary amides is 2. The van der Waals surface area contributed by atoms with E-state index in [1.807, 2.05) is 31.3 Å². The molecule has 5 rings (SSSR count). The molecule has 0 aromatic carbocycles. The number of hydrogen-bond acceptors (Lipinski definition) is 14. The summed E-state index contributed by atoms with van der Waals surface area (Å²) in [6, 6.07) is 0. The number of aliphatic hydroxyl groups excluding tert-OH is 1. The molecule has 0 aromatic rings. The van der Waals surface area contributed by atoms with Crippen LogP contribution in [0.25, 0.3) is 4.85 Å². The first-order chi connectivity index (χ1) is 36.9. The lowest BCUT2D eigenvalue weighted by atomic mass is 9.96. The monoisotopic (exact) mass is 1180 g/mol. The molecule has 4 saturated heterocycles. The van der Waals surface area contributed by atoms with E-state index in [1.54, 1.807) is 67.3 Å². The largest absolute Gasteiger partial charge is 0.481 e. The Morgan fingerprint density at radius 1 is 0.725 bits per heavy atom. The smallest absolute Gasteiger partial charge is 0.308 e. The van der Waals surface area contributed by atoms with Gasteiger partial charge in [-0.05, 0) is 120 Å². The maximum atomic E-state index is 10.8. The normalized spacial score (nSPS) is 15.8. The zero-order valence-corrected chi connectivity index (χ0v) is 57.3. The standard InChI is InChI=1S/C7H14N2O.C7H16N2.C6H13NO.C5H11NO.C5H11N.C5H10O2.C4H11N.C4H10O.C4H8.C3H5N.C3H8O.C2H4F2.C2H5NO.C2H6S/c1-7(10)9-5-3-8(2)4-6-9;1-3-9-6-4-8(2)5-7-9;1-2-7-3-5-8-6-4-7;1-5(2,3)4(6)7;1-5-3-6(2)4-5;1-5(2,3)4(6)7;1-4-5(2)3;1-3-4-5-2;1-4-2-3-4;1-3-4-2;1-2-3-4;2*1-2(3)4;1-3-2/h3-6H2,1-2H3;3-7H2,1-2H3;2-6H2,1H3;1-3H3,(H2,6,7);5H,3-4H2,1-2H3;1-3H3,(H,6,7);4H2,1-3H3;3-4H2,1-2H3;4H,2-3H2,1H3;3H2,1H3;4H,2-3H2,1H3;2H,1H3;1H3,(H2,3,4);1-2H3. The van der Waals surface area contributed by atoms with E-state index in [4.69, 9.17) is 32.0 Å². The molecule has 4 aliphatic heterocycles.